The summed E-state index contributed by atoms with van der Waals surface area (Å²) in [6.07, 6.45) is 1.35. The second-order valence-corrected chi connectivity index (χ2v) is 5.44. The molecule has 2 aliphatic rings. The zero-order valence-corrected chi connectivity index (χ0v) is 11.6. The van der Waals surface area contributed by atoms with Crippen LogP contribution in [0.15, 0.2) is 12.3 Å². The van der Waals surface area contributed by atoms with E-state index in [9.17, 15) is 10.1 Å². The van der Waals surface area contributed by atoms with Gasteiger partial charge in [-0.3, -0.25) is 15.0 Å². The number of aryl methyl sites for hydroxylation is 1. The maximum Gasteiger partial charge on any atom is 0.287 e. The molecule has 1 aromatic rings. The third kappa shape index (κ3) is 2.46. The van der Waals surface area contributed by atoms with Gasteiger partial charge in [-0.1, -0.05) is 0 Å². The van der Waals surface area contributed by atoms with Gasteiger partial charge in [0.1, 0.15) is 12.0 Å². The van der Waals surface area contributed by atoms with Crippen molar-refractivity contribution in [2.75, 3.05) is 44.2 Å². The van der Waals surface area contributed by atoms with Gasteiger partial charge in [0, 0.05) is 51.4 Å². The highest BCUT2D eigenvalue weighted by molar-refractivity contribution is 5.52. The molecule has 7 nitrogen and oxygen atoms in total. The molecule has 0 atom stereocenters. The van der Waals surface area contributed by atoms with Crippen LogP contribution in [0.4, 0.5) is 11.5 Å². The van der Waals surface area contributed by atoms with Gasteiger partial charge >= 0.3 is 0 Å². The quantitative estimate of drug-likeness (QED) is 0.636. The van der Waals surface area contributed by atoms with E-state index < -0.39 is 4.92 Å². The highest BCUT2D eigenvalue weighted by Gasteiger charge is 2.33. The molecule has 2 fully saturated rings. The van der Waals surface area contributed by atoms with E-state index >= 15 is 0 Å². The minimum absolute atomic E-state index is 0.0606. The first-order chi connectivity index (χ1) is 9.65. The molecule has 0 aromatic carbocycles. The lowest BCUT2D eigenvalue weighted by atomic mass is 10.1. The Morgan fingerprint density at radius 1 is 1.40 bits per heavy atom. The van der Waals surface area contributed by atoms with Crippen LogP contribution in [0.5, 0.6) is 0 Å². The van der Waals surface area contributed by atoms with Crippen LogP contribution in [0, 0.1) is 17.0 Å². The molecule has 0 spiro atoms. The van der Waals surface area contributed by atoms with Crippen LogP contribution in [-0.2, 0) is 0 Å². The summed E-state index contributed by atoms with van der Waals surface area (Å²) in [6, 6.07) is 2.19. The van der Waals surface area contributed by atoms with Crippen LogP contribution in [0.3, 0.4) is 0 Å². The summed E-state index contributed by atoms with van der Waals surface area (Å²) in [5.74, 6) is 0.877. The molecule has 0 saturated carbocycles. The lowest BCUT2D eigenvalue weighted by molar-refractivity contribution is -0.385. The SMILES string of the molecule is Cc1cc([N+](=O)[O-])cnc1N1CC(N2CCNCC2)C1. The van der Waals surface area contributed by atoms with Crippen LogP contribution in [0.25, 0.3) is 0 Å². The second kappa shape index (κ2) is 5.34. The molecule has 3 heterocycles. The molecule has 1 aromatic heterocycles. The fourth-order valence-corrected chi connectivity index (χ4v) is 2.89. The van der Waals surface area contributed by atoms with Gasteiger partial charge in [-0.15, -0.1) is 0 Å². The Bertz CT molecular complexity index is 509. The number of hydrogen-bond donors (Lipinski definition) is 1. The maximum atomic E-state index is 10.7. The Kier molecular flexibility index (Phi) is 3.54. The average molecular weight is 277 g/mol. The van der Waals surface area contributed by atoms with Crippen molar-refractivity contribution in [3.05, 3.63) is 27.9 Å². The molecule has 3 rings (SSSR count). The van der Waals surface area contributed by atoms with Crippen molar-refractivity contribution in [1.29, 1.82) is 0 Å². The molecule has 0 unspecified atom stereocenters. The summed E-state index contributed by atoms with van der Waals surface area (Å²) < 4.78 is 0. The number of piperazine rings is 1. The van der Waals surface area contributed by atoms with E-state index in [0.717, 1.165) is 50.6 Å². The van der Waals surface area contributed by atoms with Crippen LogP contribution in [0.2, 0.25) is 0 Å². The maximum absolute atomic E-state index is 10.7. The van der Waals surface area contributed by atoms with Crippen molar-refractivity contribution in [2.24, 2.45) is 0 Å². The smallest absolute Gasteiger partial charge is 0.287 e. The molecule has 1 N–H and O–H groups in total. The zero-order chi connectivity index (χ0) is 14.1. The summed E-state index contributed by atoms with van der Waals surface area (Å²) >= 11 is 0. The predicted octanol–water partition coefficient (Wildman–Crippen LogP) is 0.392. The van der Waals surface area contributed by atoms with E-state index in [2.05, 4.69) is 20.1 Å². The fraction of sp³-hybridized carbons (Fsp3) is 0.615. The summed E-state index contributed by atoms with van der Waals surface area (Å²) in [7, 11) is 0. The van der Waals surface area contributed by atoms with Crippen LogP contribution in [-0.4, -0.2) is 60.1 Å². The van der Waals surface area contributed by atoms with Crippen LogP contribution >= 0.6 is 0 Å². The van der Waals surface area contributed by atoms with Gasteiger partial charge in [0.15, 0.2) is 0 Å². The van der Waals surface area contributed by atoms with Gasteiger partial charge in [-0.25, -0.2) is 4.98 Å². The standard InChI is InChI=1S/C13H19N5O2/c1-10-6-11(18(19)20)7-15-13(10)17-8-12(9-17)16-4-2-14-3-5-16/h6-7,12,14H,2-5,8-9H2,1H3. The number of pyridine rings is 1. The van der Waals surface area contributed by atoms with Gasteiger partial charge in [-0.05, 0) is 12.5 Å². The van der Waals surface area contributed by atoms with Crippen molar-refractivity contribution in [3.63, 3.8) is 0 Å². The highest BCUT2D eigenvalue weighted by atomic mass is 16.6. The van der Waals surface area contributed by atoms with E-state index in [1.54, 1.807) is 6.07 Å². The van der Waals surface area contributed by atoms with Crippen LogP contribution < -0.4 is 10.2 Å². The Hall–Kier alpha value is -1.73. The van der Waals surface area contributed by atoms with E-state index in [1.165, 1.54) is 6.20 Å². The van der Waals surface area contributed by atoms with Crippen molar-refractivity contribution >= 4 is 11.5 Å². The van der Waals surface area contributed by atoms with E-state index in [-0.39, 0.29) is 5.69 Å². The molecular weight excluding hydrogens is 258 g/mol. The Labute approximate surface area is 117 Å². The Morgan fingerprint density at radius 3 is 2.70 bits per heavy atom. The molecule has 0 aliphatic carbocycles. The Balaban J connectivity index is 1.63. The normalized spacial score (nSPS) is 20.8. The van der Waals surface area contributed by atoms with Crippen molar-refractivity contribution in [3.8, 4) is 0 Å². The largest absolute Gasteiger partial charge is 0.353 e. The number of nitro groups is 1. The first-order valence-corrected chi connectivity index (χ1v) is 6.96. The highest BCUT2D eigenvalue weighted by Crippen LogP contribution is 2.27. The van der Waals surface area contributed by atoms with E-state index in [4.69, 9.17) is 0 Å². The van der Waals surface area contributed by atoms with Gasteiger partial charge in [0.05, 0.1) is 4.92 Å². The molecule has 7 heteroatoms. The number of nitrogens with one attached hydrogen (secondary N) is 1. The van der Waals surface area contributed by atoms with Crippen molar-refractivity contribution in [1.82, 2.24) is 15.2 Å². The topological polar surface area (TPSA) is 74.5 Å². The molecule has 0 bridgehead atoms. The fourth-order valence-electron chi connectivity index (χ4n) is 2.89. The monoisotopic (exact) mass is 277 g/mol. The number of nitrogens with zero attached hydrogens (tertiary/aromatic N) is 4. The van der Waals surface area contributed by atoms with Crippen molar-refractivity contribution < 1.29 is 4.92 Å². The summed E-state index contributed by atoms with van der Waals surface area (Å²) in [5, 5.41) is 14.1. The average Bonchev–Trinajstić information content (AvgIpc) is 2.40. The zero-order valence-electron chi connectivity index (χ0n) is 11.6. The molecule has 0 amide bonds. The summed E-state index contributed by atoms with van der Waals surface area (Å²) in [6.45, 7) is 8.14. The van der Waals surface area contributed by atoms with Gasteiger partial charge in [0.25, 0.3) is 5.69 Å². The van der Waals surface area contributed by atoms with Gasteiger partial charge in [0.2, 0.25) is 0 Å². The molecular formula is C13H19N5O2. The van der Waals surface area contributed by atoms with Crippen LogP contribution in [0.1, 0.15) is 5.56 Å². The van der Waals surface area contributed by atoms with Crippen molar-refractivity contribution in [2.45, 2.75) is 13.0 Å². The van der Waals surface area contributed by atoms with E-state index in [0.29, 0.717) is 6.04 Å². The molecule has 2 saturated heterocycles. The molecule has 20 heavy (non-hydrogen) atoms. The first-order valence-electron chi connectivity index (χ1n) is 6.96. The molecule has 0 radical (unpaired) electrons. The van der Waals surface area contributed by atoms with E-state index in [1.807, 2.05) is 6.92 Å². The lowest BCUT2D eigenvalue weighted by Crippen LogP contribution is -2.63. The molecule has 2 aliphatic heterocycles. The minimum atomic E-state index is -0.399. The predicted molar refractivity (Wildman–Crippen MR) is 76.1 cm³/mol. The van der Waals surface area contributed by atoms with Gasteiger partial charge < -0.3 is 10.2 Å². The summed E-state index contributed by atoms with van der Waals surface area (Å²) in [4.78, 5) is 19.3. The minimum Gasteiger partial charge on any atom is -0.353 e. The number of rotatable bonds is 3. The molecule has 108 valence electrons. The second-order valence-electron chi connectivity index (χ2n) is 5.44. The third-order valence-electron chi connectivity index (χ3n) is 4.08. The Morgan fingerprint density at radius 2 is 2.10 bits per heavy atom. The number of aromatic nitrogens is 1. The number of anilines is 1. The third-order valence-corrected chi connectivity index (χ3v) is 4.08. The lowest BCUT2D eigenvalue weighted by Gasteiger charge is -2.47. The number of hydrogen-bond acceptors (Lipinski definition) is 6. The van der Waals surface area contributed by atoms with Gasteiger partial charge in [-0.2, -0.15) is 0 Å². The first kappa shape index (κ1) is 13.3. The summed E-state index contributed by atoms with van der Waals surface area (Å²) in [5.41, 5.74) is 0.934.